The first-order valence-electron chi connectivity index (χ1n) is 9.18. The average molecular weight is 399 g/mol. The summed E-state index contributed by atoms with van der Waals surface area (Å²) in [4.78, 5) is 37.7. The van der Waals surface area contributed by atoms with Crippen molar-refractivity contribution >= 4 is 23.5 Å². The number of benzene rings is 1. The van der Waals surface area contributed by atoms with Gasteiger partial charge in [-0.3, -0.25) is 14.5 Å². The highest BCUT2D eigenvalue weighted by molar-refractivity contribution is 6.09. The van der Waals surface area contributed by atoms with Gasteiger partial charge in [-0.1, -0.05) is 38.7 Å². The van der Waals surface area contributed by atoms with Crippen LogP contribution in [0, 0.1) is 0 Å². The summed E-state index contributed by atoms with van der Waals surface area (Å²) in [5.74, 6) is -1.26. The van der Waals surface area contributed by atoms with Crippen LogP contribution in [0.4, 0.5) is 23.7 Å². The van der Waals surface area contributed by atoms with Crippen LogP contribution in [0.2, 0.25) is 0 Å². The van der Waals surface area contributed by atoms with Crippen molar-refractivity contribution in [2.75, 3.05) is 11.9 Å². The topological polar surface area (TPSA) is 78.5 Å². The summed E-state index contributed by atoms with van der Waals surface area (Å²) >= 11 is 0. The predicted octanol–water partition coefficient (Wildman–Crippen LogP) is 3.92. The Balaban J connectivity index is 1.98. The molecule has 28 heavy (non-hydrogen) atoms. The molecule has 1 aromatic rings. The lowest BCUT2D eigenvalue weighted by atomic mass is 9.94. The highest BCUT2D eigenvalue weighted by Crippen LogP contribution is 2.30. The second-order valence-corrected chi connectivity index (χ2v) is 7.09. The molecule has 1 aliphatic rings. The molecular weight excluding hydrogens is 375 g/mol. The van der Waals surface area contributed by atoms with Gasteiger partial charge in [-0.15, -0.1) is 0 Å². The molecule has 1 aliphatic heterocycles. The van der Waals surface area contributed by atoms with Crippen molar-refractivity contribution < 1.29 is 27.6 Å². The number of imide groups is 1. The highest BCUT2D eigenvalue weighted by atomic mass is 19.4. The number of amides is 4. The normalized spacial score (nSPS) is 19.7. The zero-order valence-electron chi connectivity index (χ0n) is 15.9. The van der Waals surface area contributed by atoms with Crippen LogP contribution in [0.15, 0.2) is 24.3 Å². The number of anilines is 1. The van der Waals surface area contributed by atoms with Gasteiger partial charge in [-0.05, 0) is 31.5 Å². The average Bonchev–Trinajstić information content (AvgIpc) is 2.82. The maximum absolute atomic E-state index is 12.8. The minimum atomic E-state index is -4.54. The molecule has 2 rings (SSSR count). The fourth-order valence-corrected chi connectivity index (χ4v) is 3.08. The number of unbranched alkanes of at least 4 members (excludes halogenated alkanes) is 3. The monoisotopic (exact) mass is 399 g/mol. The smallest absolute Gasteiger partial charge is 0.325 e. The summed E-state index contributed by atoms with van der Waals surface area (Å²) < 4.78 is 38.3. The molecule has 0 bridgehead atoms. The molecule has 0 saturated carbocycles. The van der Waals surface area contributed by atoms with Crippen LogP contribution in [0.3, 0.4) is 0 Å². The number of nitrogens with zero attached hydrogens (tertiary/aromatic N) is 1. The third kappa shape index (κ3) is 5.24. The Hall–Kier alpha value is -2.58. The van der Waals surface area contributed by atoms with E-state index in [-0.39, 0.29) is 5.69 Å². The molecule has 4 amide bonds. The van der Waals surface area contributed by atoms with E-state index < -0.39 is 41.7 Å². The third-order valence-electron chi connectivity index (χ3n) is 4.65. The van der Waals surface area contributed by atoms with E-state index in [2.05, 4.69) is 17.6 Å². The largest absolute Gasteiger partial charge is 0.416 e. The lowest BCUT2D eigenvalue weighted by Gasteiger charge is -2.21. The van der Waals surface area contributed by atoms with E-state index in [4.69, 9.17) is 0 Å². The molecule has 0 aromatic heterocycles. The molecule has 1 fully saturated rings. The Bertz CT molecular complexity index is 751. The highest BCUT2D eigenvalue weighted by Gasteiger charge is 2.47. The maximum Gasteiger partial charge on any atom is 0.416 e. The van der Waals surface area contributed by atoms with Crippen LogP contribution in [0.25, 0.3) is 0 Å². The summed E-state index contributed by atoms with van der Waals surface area (Å²) in [5, 5.41) is 4.91. The second kappa shape index (κ2) is 8.62. The van der Waals surface area contributed by atoms with Gasteiger partial charge in [0, 0.05) is 5.69 Å². The molecule has 0 aliphatic carbocycles. The number of rotatable bonds is 8. The summed E-state index contributed by atoms with van der Waals surface area (Å²) in [7, 11) is 0. The van der Waals surface area contributed by atoms with Crippen LogP contribution >= 0.6 is 0 Å². The van der Waals surface area contributed by atoms with E-state index in [1.165, 1.54) is 12.1 Å². The molecule has 1 atom stereocenters. The molecule has 2 N–H and O–H groups in total. The molecule has 1 heterocycles. The zero-order chi connectivity index (χ0) is 20.9. The van der Waals surface area contributed by atoms with E-state index in [1.807, 2.05) is 0 Å². The molecule has 1 aromatic carbocycles. The van der Waals surface area contributed by atoms with Gasteiger partial charge in [0.15, 0.2) is 0 Å². The number of urea groups is 1. The number of carbonyl (C=O) groups excluding carboxylic acids is 3. The standard InChI is InChI=1S/C19H24F3N3O3/c1-3-4-5-6-10-18(2)16(27)25(17(28)24-18)12-15(26)23-14-9-7-8-13(11-14)19(20,21)22/h7-9,11H,3-6,10,12H2,1-2H3,(H,23,26)(H,24,28). The zero-order valence-corrected chi connectivity index (χ0v) is 15.9. The molecule has 6 nitrogen and oxygen atoms in total. The lowest BCUT2D eigenvalue weighted by Crippen LogP contribution is -2.44. The van der Waals surface area contributed by atoms with E-state index in [0.717, 1.165) is 42.7 Å². The Morgan fingerprint density at radius 2 is 1.93 bits per heavy atom. The van der Waals surface area contributed by atoms with Gasteiger partial charge in [0.25, 0.3) is 5.91 Å². The number of nitrogens with one attached hydrogen (secondary N) is 2. The number of hydrogen-bond donors (Lipinski definition) is 2. The predicted molar refractivity (Wildman–Crippen MR) is 97.5 cm³/mol. The number of carbonyl (C=O) groups is 3. The molecule has 154 valence electrons. The molecule has 9 heteroatoms. The summed E-state index contributed by atoms with van der Waals surface area (Å²) in [5.41, 5.74) is -2.03. The number of alkyl halides is 3. The van der Waals surface area contributed by atoms with Crippen LogP contribution in [-0.2, 0) is 15.8 Å². The second-order valence-electron chi connectivity index (χ2n) is 7.09. The summed E-state index contributed by atoms with van der Waals surface area (Å²) in [6.45, 7) is 3.12. The number of hydrogen-bond acceptors (Lipinski definition) is 3. The Labute approximate surface area is 161 Å². The first-order valence-corrected chi connectivity index (χ1v) is 9.18. The SMILES string of the molecule is CCCCCCC1(C)NC(=O)N(CC(=O)Nc2cccc(C(F)(F)F)c2)C1=O. The van der Waals surface area contributed by atoms with Gasteiger partial charge >= 0.3 is 12.2 Å². The maximum atomic E-state index is 12.8. The van der Waals surface area contributed by atoms with Gasteiger partial charge in [0.1, 0.15) is 12.1 Å². The minimum absolute atomic E-state index is 0.0609. The number of halogens is 3. The quantitative estimate of drug-likeness (QED) is 0.514. The van der Waals surface area contributed by atoms with Gasteiger partial charge in [0.2, 0.25) is 5.91 Å². The van der Waals surface area contributed by atoms with E-state index in [1.54, 1.807) is 6.92 Å². The molecule has 0 radical (unpaired) electrons. The van der Waals surface area contributed by atoms with Gasteiger partial charge in [0.05, 0.1) is 5.56 Å². The van der Waals surface area contributed by atoms with Gasteiger partial charge in [-0.2, -0.15) is 13.2 Å². The summed E-state index contributed by atoms with van der Waals surface area (Å²) in [6.07, 6.45) is -0.305. The van der Waals surface area contributed by atoms with Crippen LogP contribution in [0.1, 0.15) is 51.5 Å². The molecule has 1 saturated heterocycles. The van der Waals surface area contributed by atoms with Crippen molar-refractivity contribution in [1.29, 1.82) is 0 Å². The van der Waals surface area contributed by atoms with Crippen molar-refractivity contribution in [3.05, 3.63) is 29.8 Å². The fraction of sp³-hybridized carbons (Fsp3) is 0.526. The molecular formula is C19H24F3N3O3. The van der Waals surface area contributed by atoms with Crippen molar-refractivity contribution in [3.8, 4) is 0 Å². The van der Waals surface area contributed by atoms with Crippen molar-refractivity contribution in [2.45, 2.75) is 57.7 Å². The molecule has 0 spiro atoms. The first-order chi connectivity index (χ1) is 13.1. The molecule has 1 unspecified atom stereocenters. The van der Waals surface area contributed by atoms with Crippen LogP contribution in [0.5, 0.6) is 0 Å². The van der Waals surface area contributed by atoms with Crippen LogP contribution in [-0.4, -0.2) is 34.8 Å². The first kappa shape index (κ1) is 21.7. The van der Waals surface area contributed by atoms with Crippen molar-refractivity contribution in [3.63, 3.8) is 0 Å². The Kier molecular flexibility index (Phi) is 6.69. The Morgan fingerprint density at radius 1 is 1.21 bits per heavy atom. The summed E-state index contributed by atoms with van der Waals surface area (Å²) in [6, 6.07) is 3.47. The third-order valence-corrected chi connectivity index (χ3v) is 4.65. The van der Waals surface area contributed by atoms with Gasteiger partial charge in [-0.25, -0.2) is 4.79 Å². The van der Waals surface area contributed by atoms with E-state index >= 15 is 0 Å². The van der Waals surface area contributed by atoms with Crippen LogP contribution < -0.4 is 10.6 Å². The Morgan fingerprint density at radius 3 is 2.57 bits per heavy atom. The van der Waals surface area contributed by atoms with E-state index in [0.29, 0.717) is 6.42 Å². The van der Waals surface area contributed by atoms with Crippen molar-refractivity contribution in [1.82, 2.24) is 10.2 Å². The minimum Gasteiger partial charge on any atom is -0.325 e. The fourth-order valence-electron chi connectivity index (χ4n) is 3.08. The van der Waals surface area contributed by atoms with Gasteiger partial charge < -0.3 is 10.6 Å². The van der Waals surface area contributed by atoms with E-state index in [9.17, 15) is 27.6 Å². The van der Waals surface area contributed by atoms with Crippen molar-refractivity contribution in [2.24, 2.45) is 0 Å². The lowest BCUT2D eigenvalue weighted by molar-refractivity contribution is -0.137.